The highest BCUT2D eigenvalue weighted by atomic mass is 16.5. The van der Waals surface area contributed by atoms with Gasteiger partial charge < -0.3 is 45.2 Å². The number of carbonyl (C=O) groups is 4. The Bertz CT molecular complexity index is 4120. The van der Waals surface area contributed by atoms with Crippen LogP contribution < -0.4 is 25.8 Å². The van der Waals surface area contributed by atoms with Crippen LogP contribution >= 0.6 is 0 Å². The van der Waals surface area contributed by atoms with E-state index in [-0.39, 0.29) is 63.5 Å². The number of methoxy groups -OCH3 is 2. The molecule has 4 heterocycles. The van der Waals surface area contributed by atoms with E-state index in [4.69, 9.17) is 34.5 Å². The number of nitrogens with two attached hydrogens (primary N) is 1. The monoisotopic (exact) mass is 1300 g/mol. The van der Waals surface area contributed by atoms with E-state index in [0.717, 1.165) is 58.8 Å². The number of nitrogen functional groups attached to an aromatic ring is 1. The number of anilines is 3. The van der Waals surface area contributed by atoms with Gasteiger partial charge in [0.2, 0.25) is 0 Å². The normalized spacial score (nSPS) is 11.7. The van der Waals surface area contributed by atoms with Crippen LogP contribution in [-0.4, -0.2) is 99.9 Å². The van der Waals surface area contributed by atoms with Gasteiger partial charge in [-0.15, -0.1) is 0 Å². The summed E-state index contributed by atoms with van der Waals surface area (Å²) in [5.74, 6) is 0.963. The summed E-state index contributed by atoms with van der Waals surface area (Å²) in [6.07, 6.45) is 3.37. The second-order valence-corrected chi connectivity index (χ2v) is 25.5. The molecule has 0 saturated carbocycles. The quantitative estimate of drug-likeness (QED) is 0.0486. The second kappa shape index (κ2) is 33.5. The molecule has 502 valence electrons. The maximum absolute atomic E-state index is 12.7. The highest BCUT2D eigenvalue weighted by Crippen LogP contribution is 2.34. The molecule has 5 aromatic carbocycles. The van der Waals surface area contributed by atoms with E-state index in [1.165, 1.54) is 12.8 Å². The molecule has 0 atom stereocenters. The number of aryl methyl sites for hydroxylation is 3. The highest BCUT2D eigenvalue weighted by molar-refractivity contribution is 5.97. The zero-order valence-electron chi connectivity index (χ0n) is 57.8. The van der Waals surface area contributed by atoms with E-state index in [0.29, 0.717) is 81.1 Å². The molecule has 3 aromatic heterocycles. The number of carboxylic acid groups (broad SMARTS) is 1. The molecule has 0 aliphatic carbocycles. The van der Waals surface area contributed by atoms with Crippen molar-refractivity contribution < 1.29 is 48.0 Å². The van der Waals surface area contributed by atoms with Crippen molar-refractivity contribution in [2.45, 2.75) is 139 Å². The van der Waals surface area contributed by atoms with Gasteiger partial charge in [0.15, 0.2) is 23.8 Å². The minimum absolute atomic E-state index is 0.0902. The number of carbonyl (C=O) groups excluding carboxylic acids is 3. The van der Waals surface area contributed by atoms with E-state index in [1.54, 1.807) is 61.0 Å². The molecule has 0 amide bonds. The zero-order valence-corrected chi connectivity index (χ0v) is 57.8. The standard InChI is InChI=1S/C27H30N4O3.C27H31N3O4.C17H18N4O2.C4H8O/c1-7-34-26(32)23-17(2)30-24(22-13-10-20(27(3,4)5)14-19(22)15-28)31-25(23)29-16-18-8-11-21(33-6)12-9-18;1-7-34-26(32)23-17(2)29-24(22-13-10-20(27(3,4)5)14-19(22)16-31)30-25(23)28-15-18-8-11-21(33-6)12-9-18;1-9-13(16(22)23)14(19)21-15(20-9)12-6-5-11(17(2,3)4)7-10(12)8-18;1-2-4-5-3-1/h8-14H,7,16H2,1-6H3,(H,29,30,31);8-14,16H,7,15H2,1-6H3,(H,28,29,30);5-7H,1-4H3,(H,22,23)(H2,19,20,21);1-4H2. The largest absolute Gasteiger partial charge is 0.497 e. The van der Waals surface area contributed by atoms with Gasteiger partial charge in [0.05, 0.1) is 67.8 Å². The molecular formula is C75H87N11O10. The third-order valence-corrected chi connectivity index (χ3v) is 15.3. The third-order valence-electron chi connectivity index (χ3n) is 15.3. The minimum Gasteiger partial charge on any atom is -0.497 e. The molecule has 0 radical (unpaired) electrons. The summed E-state index contributed by atoms with van der Waals surface area (Å²) < 4.78 is 25.9. The second-order valence-electron chi connectivity index (χ2n) is 25.5. The first-order valence-corrected chi connectivity index (χ1v) is 31.5. The van der Waals surface area contributed by atoms with Gasteiger partial charge in [-0.3, -0.25) is 4.79 Å². The third kappa shape index (κ3) is 19.7. The molecule has 8 aromatic rings. The number of benzene rings is 5. The number of hydrogen-bond acceptors (Lipinski definition) is 20. The molecule has 9 rings (SSSR count). The summed E-state index contributed by atoms with van der Waals surface area (Å²) in [6.45, 7) is 30.6. The first kappa shape index (κ1) is 74.4. The average Bonchev–Trinajstić information content (AvgIpc) is 1.01. The molecule has 96 heavy (non-hydrogen) atoms. The molecule has 5 N–H and O–H groups in total. The maximum Gasteiger partial charge on any atom is 0.343 e. The summed E-state index contributed by atoms with van der Waals surface area (Å²) in [5.41, 5.74) is 15.3. The Morgan fingerprint density at radius 2 is 0.917 bits per heavy atom. The van der Waals surface area contributed by atoms with Gasteiger partial charge in [-0.2, -0.15) is 10.5 Å². The van der Waals surface area contributed by atoms with Crippen molar-refractivity contribution in [3.8, 4) is 57.8 Å². The number of rotatable bonds is 17. The highest BCUT2D eigenvalue weighted by Gasteiger charge is 2.26. The lowest BCUT2D eigenvalue weighted by atomic mass is 9.85. The van der Waals surface area contributed by atoms with Gasteiger partial charge in [0.25, 0.3) is 0 Å². The van der Waals surface area contributed by atoms with Crippen LogP contribution in [-0.2, 0) is 43.5 Å². The van der Waals surface area contributed by atoms with Crippen LogP contribution in [0.5, 0.6) is 11.5 Å². The van der Waals surface area contributed by atoms with Gasteiger partial charge in [-0.05, 0) is 146 Å². The average molecular weight is 1300 g/mol. The number of esters is 2. The molecule has 1 aliphatic heterocycles. The van der Waals surface area contributed by atoms with Gasteiger partial charge in [0, 0.05) is 48.6 Å². The molecule has 1 aliphatic rings. The number of hydrogen-bond donors (Lipinski definition) is 4. The number of nitriles is 2. The number of carboxylic acids is 1. The van der Waals surface area contributed by atoms with E-state index < -0.39 is 17.9 Å². The fourth-order valence-corrected chi connectivity index (χ4v) is 9.81. The van der Waals surface area contributed by atoms with Gasteiger partial charge in [0.1, 0.15) is 45.6 Å². The van der Waals surface area contributed by atoms with Crippen molar-refractivity contribution in [2.24, 2.45) is 0 Å². The first-order chi connectivity index (χ1) is 45.5. The van der Waals surface area contributed by atoms with E-state index in [9.17, 15) is 29.7 Å². The number of ether oxygens (including phenoxy) is 5. The van der Waals surface area contributed by atoms with Crippen molar-refractivity contribution in [3.05, 3.63) is 181 Å². The Morgan fingerprint density at radius 3 is 1.24 bits per heavy atom. The fourth-order valence-electron chi connectivity index (χ4n) is 9.81. The van der Waals surface area contributed by atoms with Crippen LogP contribution in [0.15, 0.2) is 103 Å². The summed E-state index contributed by atoms with van der Waals surface area (Å²) in [5, 5.41) is 34.9. The van der Waals surface area contributed by atoms with Gasteiger partial charge in [-0.1, -0.05) is 111 Å². The lowest BCUT2D eigenvalue weighted by molar-refractivity contribution is 0.0515. The number of aromatic nitrogens is 6. The van der Waals surface area contributed by atoms with Crippen LogP contribution in [0.1, 0.15) is 186 Å². The molecule has 21 heteroatoms. The van der Waals surface area contributed by atoms with Crippen LogP contribution in [0.4, 0.5) is 17.5 Å². The predicted molar refractivity (Wildman–Crippen MR) is 372 cm³/mol. The Morgan fingerprint density at radius 1 is 0.552 bits per heavy atom. The topological polar surface area (TPSA) is 310 Å². The first-order valence-electron chi connectivity index (χ1n) is 31.5. The van der Waals surface area contributed by atoms with Crippen molar-refractivity contribution in [1.82, 2.24) is 29.9 Å². The number of nitrogens with one attached hydrogen (secondary N) is 2. The van der Waals surface area contributed by atoms with E-state index in [1.807, 2.05) is 91.0 Å². The number of aromatic carboxylic acids is 1. The Hall–Kier alpha value is -10.6. The zero-order chi connectivity index (χ0) is 70.7. The molecule has 1 saturated heterocycles. The predicted octanol–water partition coefficient (Wildman–Crippen LogP) is 14.5. The SMILES string of the molecule is C1CCOC1.CCOC(=O)c1c(C)nc(-c2ccc(C(C)(C)C)cc2C#N)nc1NCc1ccc(OC)cc1.CCOC(=O)c1c(C)nc(-c2ccc(C(C)(C)C)cc2C=O)nc1NCc1ccc(OC)cc1.Cc1nc(-c2ccc(C(C)(C)C)cc2C#N)nc(N)c1C(=O)O. The molecule has 0 bridgehead atoms. The van der Waals surface area contributed by atoms with Crippen molar-refractivity contribution >= 4 is 41.6 Å². The molecule has 1 fully saturated rings. The molecular weight excluding hydrogens is 1210 g/mol. The Labute approximate surface area is 562 Å². The van der Waals surface area contributed by atoms with E-state index in [2.05, 4.69) is 115 Å². The van der Waals surface area contributed by atoms with Crippen molar-refractivity contribution in [1.29, 1.82) is 10.5 Å². The van der Waals surface area contributed by atoms with Gasteiger partial charge in [-0.25, -0.2) is 44.3 Å². The lowest BCUT2D eigenvalue weighted by Gasteiger charge is -2.20. The maximum atomic E-state index is 12.7. The van der Waals surface area contributed by atoms with Crippen LogP contribution in [0, 0.1) is 43.4 Å². The molecule has 0 unspecified atom stereocenters. The Balaban J connectivity index is 0.000000223. The smallest absolute Gasteiger partial charge is 0.343 e. The van der Waals surface area contributed by atoms with Crippen molar-refractivity contribution in [2.75, 3.05) is 57.0 Å². The Kier molecular flexibility index (Phi) is 25.9. The summed E-state index contributed by atoms with van der Waals surface area (Å²) in [7, 11) is 3.24. The van der Waals surface area contributed by atoms with Crippen LogP contribution in [0.2, 0.25) is 0 Å². The fraction of sp³-hybridized carbons (Fsp3) is 0.360. The van der Waals surface area contributed by atoms with E-state index >= 15 is 0 Å². The summed E-state index contributed by atoms with van der Waals surface area (Å²) >= 11 is 0. The van der Waals surface area contributed by atoms with Crippen LogP contribution in [0.3, 0.4) is 0 Å². The summed E-state index contributed by atoms with van der Waals surface area (Å²) in [6, 6.07) is 36.5. The van der Waals surface area contributed by atoms with Gasteiger partial charge >= 0.3 is 17.9 Å². The van der Waals surface area contributed by atoms with Crippen molar-refractivity contribution in [3.63, 3.8) is 0 Å². The van der Waals surface area contributed by atoms with Crippen LogP contribution in [0.25, 0.3) is 34.2 Å². The summed E-state index contributed by atoms with van der Waals surface area (Å²) in [4.78, 5) is 75.2. The number of aldehydes is 1. The lowest BCUT2D eigenvalue weighted by Crippen LogP contribution is -2.16. The molecule has 21 nitrogen and oxygen atoms in total. The number of nitrogens with zero attached hydrogens (tertiary/aromatic N) is 8. The minimum atomic E-state index is -1.17. The molecule has 0 spiro atoms.